The minimum absolute atomic E-state index is 0.0821. The van der Waals surface area contributed by atoms with Crippen LogP contribution in [-0.4, -0.2) is 36.6 Å². The molecule has 1 amide bonds. The van der Waals surface area contributed by atoms with Crippen LogP contribution in [0.4, 0.5) is 13.2 Å². The van der Waals surface area contributed by atoms with Crippen molar-refractivity contribution in [2.24, 2.45) is 0 Å². The number of phenols is 1. The molecule has 0 fully saturated rings. The predicted octanol–water partition coefficient (Wildman–Crippen LogP) is 1.59. The number of nitrogens with one attached hydrogen (secondary N) is 1. The molecule has 4 nitrogen and oxygen atoms in total. The van der Waals surface area contributed by atoms with Crippen LogP contribution in [0.2, 0.25) is 0 Å². The monoisotopic (exact) mass is 276 g/mol. The lowest BCUT2D eigenvalue weighted by molar-refractivity contribution is -0.138. The zero-order chi connectivity index (χ0) is 14.6. The molecule has 0 saturated heterocycles. The lowest BCUT2D eigenvalue weighted by Crippen LogP contribution is -2.32. The van der Waals surface area contributed by atoms with E-state index in [1.807, 2.05) is 0 Å². The highest BCUT2D eigenvalue weighted by Crippen LogP contribution is 2.36. The van der Waals surface area contributed by atoms with Crippen LogP contribution in [0.1, 0.15) is 11.1 Å². The molecule has 0 atom stereocenters. The molecule has 7 heteroatoms. The molecule has 2 N–H and O–H groups in total. The summed E-state index contributed by atoms with van der Waals surface area (Å²) in [5, 5.41) is 11.6. The van der Waals surface area contributed by atoms with Crippen LogP contribution < -0.4 is 5.32 Å². The molecule has 0 radical (unpaired) electrons. The van der Waals surface area contributed by atoms with Crippen LogP contribution in [0.15, 0.2) is 18.2 Å². The van der Waals surface area contributed by atoms with E-state index in [1.54, 1.807) is 11.9 Å². The van der Waals surface area contributed by atoms with Crippen molar-refractivity contribution in [3.8, 4) is 5.75 Å². The van der Waals surface area contributed by atoms with Gasteiger partial charge in [-0.05, 0) is 24.7 Å². The Morgan fingerprint density at radius 2 is 2.05 bits per heavy atom. The second-order valence-corrected chi connectivity index (χ2v) is 4.19. The van der Waals surface area contributed by atoms with Gasteiger partial charge in [0, 0.05) is 13.6 Å². The maximum atomic E-state index is 12.6. The molecule has 0 aromatic heterocycles. The van der Waals surface area contributed by atoms with Gasteiger partial charge in [0.1, 0.15) is 5.75 Å². The summed E-state index contributed by atoms with van der Waals surface area (Å²) >= 11 is 0. The maximum absolute atomic E-state index is 12.6. The van der Waals surface area contributed by atoms with Crippen LogP contribution in [-0.2, 0) is 17.5 Å². The van der Waals surface area contributed by atoms with E-state index >= 15 is 0 Å². The molecular weight excluding hydrogens is 261 g/mol. The number of likely N-dealkylation sites (N-methyl/N-ethyl adjacent to an activating group) is 2. The van der Waals surface area contributed by atoms with Gasteiger partial charge in [0.15, 0.2) is 0 Å². The zero-order valence-electron chi connectivity index (χ0n) is 10.6. The quantitative estimate of drug-likeness (QED) is 0.878. The van der Waals surface area contributed by atoms with Crippen molar-refractivity contribution in [1.82, 2.24) is 10.2 Å². The Bertz CT molecular complexity index is 461. The topological polar surface area (TPSA) is 52.6 Å². The molecule has 0 bridgehead atoms. The Hall–Kier alpha value is -1.76. The van der Waals surface area contributed by atoms with E-state index in [0.29, 0.717) is 5.56 Å². The summed E-state index contributed by atoms with van der Waals surface area (Å²) in [7, 11) is 3.11. The fourth-order valence-corrected chi connectivity index (χ4v) is 1.60. The van der Waals surface area contributed by atoms with Crippen LogP contribution in [0.3, 0.4) is 0 Å². The summed E-state index contributed by atoms with van der Waals surface area (Å²) in [6, 6.07) is 3.28. The Kier molecular flexibility index (Phi) is 4.77. The Labute approximate surface area is 108 Å². The summed E-state index contributed by atoms with van der Waals surface area (Å²) in [4.78, 5) is 12.7. The number of halogens is 3. The van der Waals surface area contributed by atoms with E-state index in [4.69, 9.17) is 0 Å². The molecule has 0 unspecified atom stereocenters. The van der Waals surface area contributed by atoms with Crippen LogP contribution >= 0.6 is 0 Å². The first-order valence-corrected chi connectivity index (χ1v) is 5.52. The fourth-order valence-electron chi connectivity index (χ4n) is 1.60. The van der Waals surface area contributed by atoms with Crippen LogP contribution in [0.5, 0.6) is 5.75 Å². The lowest BCUT2D eigenvalue weighted by Gasteiger charge is -2.17. The second-order valence-electron chi connectivity index (χ2n) is 4.19. The highest BCUT2D eigenvalue weighted by atomic mass is 19.4. The number of carbonyl (C=O) groups is 1. The van der Waals surface area contributed by atoms with Gasteiger partial charge in [-0.25, -0.2) is 0 Å². The van der Waals surface area contributed by atoms with Gasteiger partial charge in [-0.1, -0.05) is 6.07 Å². The van der Waals surface area contributed by atoms with Gasteiger partial charge in [0.05, 0.1) is 12.1 Å². The molecule has 0 aliphatic carbocycles. The largest absolute Gasteiger partial charge is 0.507 e. The van der Waals surface area contributed by atoms with E-state index in [2.05, 4.69) is 5.32 Å². The molecule has 0 saturated carbocycles. The number of hydrogen-bond donors (Lipinski definition) is 2. The van der Waals surface area contributed by atoms with Crippen LogP contribution in [0, 0.1) is 0 Å². The van der Waals surface area contributed by atoms with Gasteiger partial charge >= 0.3 is 6.18 Å². The molecule has 0 aliphatic heterocycles. The van der Waals surface area contributed by atoms with E-state index in [-0.39, 0.29) is 19.0 Å². The number of rotatable bonds is 4. The molecule has 1 aromatic carbocycles. The first-order valence-electron chi connectivity index (χ1n) is 5.52. The maximum Gasteiger partial charge on any atom is 0.419 e. The number of amides is 1. The number of carbonyl (C=O) groups excluding carboxylic acids is 1. The highest BCUT2D eigenvalue weighted by Gasteiger charge is 2.34. The molecule has 106 valence electrons. The van der Waals surface area contributed by atoms with Crippen LogP contribution in [0.25, 0.3) is 0 Å². The standard InChI is InChI=1S/C12H15F3N2O2/c1-16-11(19)7-17(2)6-8-3-4-10(18)9(5-8)12(13,14)15/h3-5,18H,6-7H2,1-2H3,(H,16,19). The number of aromatic hydroxyl groups is 1. The van der Waals surface area contributed by atoms with Gasteiger partial charge in [-0.2, -0.15) is 13.2 Å². The van der Waals surface area contributed by atoms with Crippen molar-refractivity contribution in [3.63, 3.8) is 0 Å². The van der Waals surface area contributed by atoms with Gasteiger partial charge < -0.3 is 10.4 Å². The Balaban J connectivity index is 2.83. The molecule has 1 aromatic rings. The van der Waals surface area contributed by atoms with Crippen molar-refractivity contribution < 1.29 is 23.1 Å². The van der Waals surface area contributed by atoms with E-state index in [1.165, 1.54) is 13.1 Å². The van der Waals surface area contributed by atoms with Gasteiger partial charge in [-0.15, -0.1) is 0 Å². The third-order valence-corrected chi connectivity index (χ3v) is 2.51. The minimum atomic E-state index is -4.60. The predicted molar refractivity (Wildman–Crippen MR) is 63.5 cm³/mol. The number of alkyl halides is 3. The van der Waals surface area contributed by atoms with Gasteiger partial charge in [-0.3, -0.25) is 9.69 Å². The van der Waals surface area contributed by atoms with E-state index in [9.17, 15) is 23.1 Å². The number of nitrogens with zero attached hydrogens (tertiary/aromatic N) is 1. The first kappa shape index (κ1) is 15.3. The molecule has 1 rings (SSSR count). The first-order chi connectivity index (χ1) is 8.74. The summed E-state index contributed by atoms with van der Waals surface area (Å²) in [5.74, 6) is -1.03. The number of hydrogen-bond acceptors (Lipinski definition) is 3. The van der Waals surface area contributed by atoms with Crippen molar-refractivity contribution in [2.45, 2.75) is 12.7 Å². The normalized spacial score (nSPS) is 11.7. The van der Waals surface area contributed by atoms with Crippen molar-refractivity contribution in [1.29, 1.82) is 0 Å². The molecular formula is C12H15F3N2O2. The zero-order valence-corrected chi connectivity index (χ0v) is 10.6. The highest BCUT2D eigenvalue weighted by molar-refractivity contribution is 5.77. The molecule has 0 aliphatic rings. The summed E-state index contributed by atoms with van der Waals surface area (Å²) in [5.41, 5.74) is -0.699. The Morgan fingerprint density at radius 1 is 1.42 bits per heavy atom. The third kappa shape index (κ3) is 4.44. The van der Waals surface area contributed by atoms with Crippen molar-refractivity contribution in [3.05, 3.63) is 29.3 Å². The molecule has 19 heavy (non-hydrogen) atoms. The smallest absolute Gasteiger partial charge is 0.419 e. The van der Waals surface area contributed by atoms with Gasteiger partial charge in [0.25, 0.3) is 0 Å². The summed E-state index contributed by atoms with van der Waals surface area (Å²) < 4.78 is 37.8. The average Bonchev–Trinajstić information content (AvgIpc) is 2.29. The third-order valence-electron chi connectivity index (χ3n) is 2.51. The summed E-state index contributed by atoms with van der Waals surface area (Å²) in [6.45, 7) is 0.259. The minimum Gasteiger partial charge on any atom is -0.507 e. The Morgan fingerprint density at radius 3 is 2.58 bits per heavy atom. The number of phenolic OH excluding ortho intramolecular Hbond substituents is 1. The van der Waals surface area contributed by atoms with Crippen molar-refractivity contribution >= 4 is 5.91 Å². The van der Waals surface area contributed by atoms with E-state index in [0.717, 1.165) is 12.1 Å². The summed E-state index contributed by atoms with van der Waals surface area (Å²) in [6.07, 6.45) is -4.60. The van der Waals surface area contributed by atoms with Gasteiger partial charge in [0.2, 0.25) is 5.91 Å². The SMILES string of the molecule is CNC(=O)CN(C)Cc1ccc(O)c(C(F)(F)F)c1. The average molecular weight is 276 g/mol. The van der Waals surface area contributed by atoms with Crippen molar-refractivity contribution in [2.75, 3.05) is 20.6 Å². The van der Waals surface area contributed by atoms with E-state index < -0.39 is 17.5 Å². The fraction of sp³-hybridized carbons (Fsp3) is 0.417. The molecule has 0 heterocycles. The lowest BCUT2D eigenvalue weighted by atomic mass is 10.1. The second kappa shape index (κ2) is 5.92. The molecule has 0 spiro atoms. The number of benzene rings is 1.